The second-order valence-corrected chi connectivity index (χ2v) is 4.36. The predicted octanol–water partition coefficient (Wildman–Crippen LogP) is 3.12. The van der Waals surface area contributed by atoms with E-state index in [0.717, 1.165) is 5.56 Å². The highest BCUT2D eigenvalue weighted by Crippen LogP contribution is 2.23. The molecule has 0 radical (unpaired) electrons. The van der Waals surface area contributed by atoms with Crippen LogP contribution in [-0.4, -0.2) is 18.1 Å². The van der Waals surface area contributed by atoms with E-state index in [-0.39, 0.29) is 17.2 Å². The summed E-state index contributed by atoms with van der Waals surface area (Å²) in [6, 6.07) is 10.5. The zero-order valence-electron chi connectivity index (χ0n) is 10.7. The number of amides is 1. The SMILES string of the molecule is Cc1ccc(O)c(C(=O)N(C)c2cccc(F)c2)c1. The second kappa shape index (κ2) is 5.10. The van der Waals surface area contributed by atoms with Crippen molar-refractivity contribution in [3.05, 3.63) is 59.4 Å². The molecule has 0 aliphatic rings. The van der Waals surface area contributed by atoms with Crippen molar-refractivity contribution < 1.29 is 14.3 Å². The molecule has 2 aromatic carbocycles. The first-order chi connectivity index (χ1) is 8.99. The van der Waals surface area contributed by atoms with Gasteiger partial charge in [0, 0.05) is 12.7 Å². The second-order valence-electron chi connectivity index (χ2n) is 4.36. The number of aromatic hydroxyl groups is 1. The Hall–Kier alpha value is -2.36. The van der Waals surface area contributed by atoms with Crippen LogP contribution in [0.3, 0.4) is 0 Å². The van der Waals surface area contributed by atoms with E-state index in [1.54, 1.807) is 25.2 Å². The van der Waals surface area contributed by atoms with E-state index >= 15 is 0 Å². The number of hydrogen-bond acceptors (Lipinski definition) is 2. The summed E-state index contributed by atoms with van der Waals surface area (Å²) < 4.78 is 13.1. The number of carbonyl (C=O) groups is 1. The molecule has 19 heavy (non-hydrogen) atoms. The quantitative estimate of drug-likeness (QED) is 0.900. The van der Waals surface area contributed by atoms with Gasteiger partial charge in [-0.15, -0.1) is 0 Å². The Morgan fingerprint density at radius 2 is 1.95 bits per heavy atom. The van der Waals surface area contributed by atoms with Crippen LogP contribution in [0, 0.1) is 12.7 Å². The fourth-order valence-corrected chi connectivity index (χ4v) is 1.80. The molecule has 0 fully saturated rings. The molecule has 2 aromatic rings. The number of rotatable bonds is 2. The monoisotopic (exact) mass is 259 g/mol. The molecule has 0 unspecified atom stereocenters. The molecule has 0 heterocycles. The lowest BCUT2D eigenvalue weighted by atomic mass is 10.1. The summed E-state index contributed by atoms with van der Waals surface area (Å²) in [5.41, 5.74) is 1.51. The van der Waals surface area contributed by atoms with Crippen molar-refractivity contribution in [2.45, 2.75) is 6.92 Å². The maximum atomic E-state index is 13.1. The molecule has 0 bridgehead atoms. The Bertz CT molecular complexity index is 625. The number of nitrogens with zero attached hydrogens (tertiary/aromatic N) is 1. The first-order valence-electron chi connectivity index (χ1n) is 5.82. The standard InChI is InChI=1S/C15H14FNO2/c1-10-6-7-14(18)13(8-10)15(19)17(2)12-5-3-4-11(16)9-12/h3-9,18H,1-2H3. The molecule has 0 aromatic heterocycles. The number of hydrogen-bond donors (Lipinski definition) is 1. The van der Waals surface area contributed by atoms with E-state index in [1.165, 1.54) is 29.2 Å². The third-order valence-corrected chi connectivity index (χ3v) is 2.88. The van der Waals surface area contributed by atoms with Crippen LogP contribution in [0.15, 0.2) is 42.5 Å². The summed E-state index contributed by atoms with van der Waals surface area (Å²) >= 11 is 0. The topological polar surface area (TPSA) is 40.5 Å². The average molecular weight is 259 g/mol. The lowest BCUT2D eigenvalue weighted by molar-refractivity contribution is 0.0990. The fraction of sp³-hybridized carbons (Fsp3) is 0.133. The van der Waals surface area contributed by atoms with Gasteiger partial charge in [-0.05, 0) is 37.3 Å². The maximum absolute atomic E-state index is 13.1. The third-order valence-electron chi connectivity index (χ3n) is 2.88. The van der Waals surface area contributed by atoms with Gasteiger partial charge in [0.05, 0.1) is 5.56 Å². The molecule has 1 amide bonds. The molecule has 0 aliphatic carbocycles. The van der Waals surface area contributed by atoms with Gasteiger partial charge in [0.25, 0.3) is 5.91 Å². The molecule has 1 N–H and O–H groups in total. The lowest BCUT2D eigenvalue weighted by Crippen LogP contribution is -2.26. The number of phenols is 1. The third kappa shape index (κ3) is 2.73. The first kappa shape index (κ1) is 13.1. The minimum atomic E-state index is -0.411. The summed E-state index contributed by atoms with van der Waals surface area (Å²) in [7, 11) is 1.54. The van der Waals surface area contributed by atoms with Crippen LogP contribution >= 0.6 is 0 Å². The highest BCUT2D eigenvalue weighted by atomic mass is 19.1. The molecule has 2 rings (SSSR count). The molecule has 4 heteroatoms. The summed E-state index contributed by atoms with van der Waals surface area (Å²) in [5, 5.41) is 9.73. The zero-order chi connectivity index (χ0) is 14.0. The zero-order valence-corrected chi connectivity index (χ0v) is 10.7. The van der Waals surface area contributed by atoms with Crippen molar-refractivity contribution in [1.82, 2.24) is 0 Å². The normalized spacial score (nSPS) is 10.3. The van der Waals surface area contributed by atoms with Crippen molar-refractivity contribution in [3.8, 4) is 5.75 Å². The molecular weight excluding hydrogens is 245 g/mol. The first-order valence-corrected chi connectivity index (χ1v) is 5.82. The summed E-state index contributed by atoms with van der Waals surface area (Å²) in [4.78, 5) is 13.6. The van der Waals surface area contributed by atoms with Crippen molar-refractivity contribution in [2.24, 2.45) is 0 Å². The van der Waals surface area contributed by atoms with Gasteiger partial charge in [0.2, 0.25) is 0 Å². The average Bonchev–Trinajstić information content (AvgIpc) is 2.40. The number of aryl methyl sites for hydroxylation is 1. The van der Waals surface area contributed by atoms with Crippen molar-refractivity contribution >= 4 is 11.6 Å². The molecule has 0 atom stereocenters. The molecule has 0 saturated carbocycles. The Morgan fingerprint density at radius 1 is 1.21 bits per heavy atom. The van der Waals surface area contributed by atoms with Gasteiger partial charge in [-0.2, -0.15) is 0 Å². The van der Waals surface area contributed by atoms with E-state index in [2.05, 4.69) is 0 Å². The van der Waals surface area contributed by atoms with Crippen molar-refractivity contribution in [2.75, 3.05) is 11.9 Å². The number of carbonyl (C=O) groups excluding carboxylic acids is 1. The van der Waals surface area contributed by atoms with Crippen molar-refractivity contribution in [1.29, 1.82) is 0 Å². The largest absolute Gasteiger partial charge is 0.507 e. The number of halogens is 1. The van der Waals surface area contributed by atoms with E-state index in [0.29, 0.717) is 5.69 Å². The molecule has 0 spiro atoms. The van der Waals surface area contributed by atoms with E-state index in [1.807, 2.05) is 6.92 Å². The van der Waals surface area contributed by atoms with Gasteiger partial charge in [-0.1, -0.05) is 17.7 Å². The van der Waals surface area contributed by atoms with Crippen LogP contribution in [0.2, 0.25) is 0 Å². The van der Waals surface area contributed by atoms with Gasteiger partial charge in [-0.3, -0.25) is 4.79 Å². The van der Waals surface area contributed by atoms with Crippen LogP contribution in [0.1, 0.15) is 15.9 Å². The Labute approximate surface area is 110 Å². The summed E-state index contributed by atoms with van der Waals surface area (Å²) in [6.07, 6.45) is 0. The molecule has 0 aliphatic heterocycles. The maximum Gasteiger partial charge on any atom is 0.261 e. The van der Waals surface area contributed by atoms with Crippen LogP contribution in [0.25, 0.3) is 0 Å². The highest BCUT2D eigenvalue weighted by molar-refractivity contribution is 6.07. The summed E-state index contributed by atoms with van der Waals surface area (Å²) in [5.74, 6) is -0.878. The van der Waals surface area contributed by atoms with E-state index in [4.69, 9.17) is 0 Å². The van der Waals surface area contributed by atoms with Crippen LogP contribution in [0.4, 0.5) is 10.1 Å². The number of benzene rings is 2. The molecule has 98 valence electrons. The minimum absolute atomic E-state index is 0.0844. The Kier molecular flexibility index (Phi) is 3.51. The van der Waals surface area contributed by atoms with Gasteiger partial charge in [0.15, 0.2) is 0 Å². The van der Waals surface area contributed by atoms with Gasteiger partial charge in [-0.25, -0.2) is 4.39 Å². The fourth-order valence-electron chi connectivity index (χ4n) is 1.80. The molecule has 3 nitrogen and oxygen atoms in total. The van der Waals surface area contributed by atoms with Crippen molar-refractivity contribution in [3.63, 3.8) is 0 Å². The highest BCUT2D eigenvalue weighted by Gasteiger charge is 2.17. The Morgan fingerprint density at radius 3 is 2.63 bits per heavy atom. The van der Waals surface area contributed by atoms with Crippen LogP contribution < -0.4 is 4.90 Å². The number of anilines is 1. The van der Waals surface area contributed by atoms with E-state index < -0.39 is 5.82 Å². The van der Waals surface area contributed by atoms with Gasteiger partial charge < -0.3 is 10.0 Å². The van der Waals surface area contributed by atoms with Gasteiger partial charge >= 0.3 is 0 Å². The minimum Gasteiger partial charge on any atom is -0.507 e. The van der Waals surface area contributed by atoms with Crippen LogP contribution in [-0.2, 0) is 0 Å². The smallest absolute Gasteiger partial charge is 0.261 e. The van der Waals surface area contributed by atoms with Gasteiger partial charge in [0.1, 0.15) is 11.6 Å². The van der Waals surface area contributed by atoms with Crippen LogP contribution in [0.5, 0.6) is 5.75 Å². The summed E-state index contributed by atoms with van der Waals surface area (Å²) in [6.45, 7) is 1.83. The molecular formula is C15H14FNO2. The lowest BCUT2D eigenvalue weighted by Gasteiger charge is -2.18. The Balaban J connectivity index is 2.36. The molecule has 0 saturated heterocycles. The predicted molar refractivity (Wildman–Crippen MR) is 72.0 cm³/mol. The number of phenolic OH excluding ortho intramolecular Hbond substituents is 1. The van der Waals surface area contributed by atoms with E-state index in [9.17, 15) is 14.3 Å².